The Bertz CT molecular complexity index is 193. The largest absolute Gasteiger partial charge is 0.388 e. The van der Waals surface area contributed by atoms with Gasteiger partial charge in [-0.2, -0.15) is 0 Å². The van der Waals surface area contributed by atoms with Gasteiger partial charge in [-0.1, -0.05) is 0 Å². The van der Waals surface area contributed by atoms with Crippen molar-refractivity contribution < 1.29 is 32.3 Å². The monoisotopic (exact) mass is 210 g/mol. The quantitative estimate of drug-likeness (QED) is 0.418. The Hall–Kier alpha value is -0.530. The number of hydrogen-bond acceptors (Lipinski definition) is 6. The molecule has 6 nitrogen and oxygen atoms in total. The Kier molecular flexibility index (Phi) is 4.90. The van der Waals surface area contributed by atoms with Crippen molar-refractivity contribution in [1.29, 1.82) is 0 Å². The van der Waals surface area contributed by atoms with E-state index < -0.39 is 31.5 Å². The van der Waals surface area contributed by atoms with Crippen molar-refractivity contribution in [2.75, 3.05) is 20.8 Å². The molecule has 3 N–H and O–H groups in total. The minimum atomic E-state index is -1.63. The smallest absolute Gasteiger partial charge is 0.151 e. The van der Waals surface area contributed by atoms with Crippen molar-refractivity contribution in [1.82, 2.24) is 0 Å². The highest BCUT2D eigenvalue weighted by Crippen LogP contribution is 2.07. The van der Waals surface area contributed by atoms with Gasteiger partial charge >= 0.3 is 0 Å². The van der Waals surface area contributed by atoms with Crippen molar-refractivity contribution in [2.45, 2.75) is 24.4 Å². The number of aliphatic hydroxyl groups excluding tert-OH is 3. The molecule has 14 heavy (non-hydrogen) atoms. The van der Waals surface area contributed by atoms with Crippen LogP contribution < -0.4 is 0 Å². The van der Waals surface area contributed by atoms with Crippen LogP contribution in [0.25, 0.3) is 0 Å². The van der Waals surface area contributed by atoms with Crippen LogP contribution in [-0.4, -0.2) is 66.8 Å². The van der Waals surface area contributed by atoms with Crippen LogP contribution in [-0.2, 0) is 14.3 Å². The van der Waals surface area contributed by atoms with Crippen LogP contribution in [0.2, 0.25) is 0 Å². The molecule has 0 bridgehead atoms. The van der Waals surface area contributed by atoms with Gasteiger partial charge in [0.15, 0.2) is 6.29 Å². The molecule has 0 aliphatic heterocycles. The summed E-state index contributed by atoms with van der Waals surface area (Å²) < 4.78 is 22.6. The fourth-order valence-electron chi connectivity index (χ4n) is 0.915. The number of aldehydes is 1. The van der Waals surface area contributed by atoms with Gasteiger partial charge in [-0.3, -0.25) is 0 Å². The number of methoxy groups -OCH3 is 2. The number of ether oxygens (including phenoxy) is 2. The predicted octanol–water partition coefficient (Wildman–Crippen LogP) is -2.07. The van der Waals surface area contributed by atoms with E-state index in [0.717, 1.165) is 0 Å². The Labute approximate surface area is 84.9 Å². The molecule has 0 aliphatic carbocycles. The van der Waals surface area contributed by atoms with Crippen molar-refractivity contribution in [3.05, 3.63) is 0 Å². The van der Waals surface area contributed by atoms with Gasteiger partial charge in [0.2, 0.25) is 0 Å². The zero-order valence-corrected chi connectivity index (χ0v) is 7.57. The van der Waals surface area contributed by atoms with E-state index in [1.165, 1.54) is 0 Å². The van der Waals surface area contributed by atoms with Crippen molar-refractivity contribution in [2.24, 2.45) is 0 Å². The van der Waals surface area contributed by atoms with Gasteiger partial charge < -0.3 is 29.6 Å². The third kappa shape index (κ3) is 3.69. The normalized spacial score (nSPS) is 21.6. The van der Waals surface area contributed by atoms with E-state index in [4.69, 9.17) is 7.85 Å². The first-order valence-corrected chi connectivity index (χ1v) is 3.85. The van der Waals surface area contributed by atoms with E-state index in [2.05, 4.69) is 9.47 Å². The number of aliphatic hydroxyl groups is 3. The van der Waals surface area contributed by atoms with Crippen molar-refractivity contribution >= 4 is 6.29 Å². The topological polar surface area (TPSA) is 96.2 Å². The van der Waals surface area contributed by atoms with Gasteiger partial charge in [0.25, 0.3) is 0 Å². The molecule has 0 aromatic carbocycles. The summed E-state index contributed by atoms with van der Waals surface area (Å²) in [5, 5.41) is 28.1. The molecule has 0 unspecified atom stereocenters. The lowest BCUT2D eigenvalue weighted by Gasteiger charge is -2.26. The van der Waals surface area contributed by atoms with Crippen LogP contribution in [0.3, 0.4) is 0 Å². The molecule has 0 amide bonds. The molecule has 0 radical (unpaired) electrons. The minimum Gasteiger partial charge on any atom is -0.388 e. The third-order valence-electron chi connectivity index (χ3n) is 1.69. The van der Waals surface area contributed by atoms with E-state index in [1.54, 1.807) is 0 Å². The summed E-state index contributed by atoms with van der Waals surface area (Å²) in [7, 11) is -0.956. The first-order valence-electron chi connectivity index (χ1n) is 5.27. The second-order valence-electron chi connectivity index (χ2n) is 2.69. The number of carbonyl (C=O) groups is 1. The van der Waals surface area contributed by atoms with Gasteiger partial charge in [0.1, 0.15) is 24.4 Å². The molecule has 0 saturated heterocycles. The molecule has 0 aliphatic rings. The molecule has 0 rings (SSSR count). The zero-order valence-electron chi connectivity index (χ0n) is 9.57. The Morgan fingerprint density at radius 2 is 2.14 bits per heavy atom. The zero-order chi connectivity index (χ0) is 12.6. The van der Waals surface area contributed by atoms with Crippen molar-refractivity contribution in [3.63, 3.8) is 0 Å². The van der Waals surface area contributed by atoms with Gasteiger partial charge in [-0.25, -0.2) is 0 Å². The van der Waals surface area contributed by atoms with E-state index in [9.17, 15) is 15.0 Å². The number of carbonyl (C=O) groups excluding carboxylic acids is 1. The maximum absolute atomic E-state index is 10.3. The Morgan fingerprint density at radius 3 is 2.64 bits per heavy atom. The molecular formula is C8H16O6. The SMILES string of the molecule is [2H]COC[C@@H](O)[C@@H](O)[C@H](OC[2H])[C@H](O)C=O. The van der Waals surface area contributed by atoms with Crippen LogP contribution in [0.15, 0.2) is 0 Å². The first-order chi connectivity index (χ1) is 7.58. The van der Waals surface area contributed by atoms with E-state index in [1.807, 2.05) is 0 Å². The minimum absolute atomic E-state index is 0.140. The summed E-state index contributed by atoms with van der Waals surface area (Å²) in [6, 6.07) is 0. The molecule has 0 aromatic heterocycles. The van der Waals surface area contributed by atoms with Gasteiger partial charge in [-0.05, 0) is 0 Å². The average Bonchev–Trinajstić information content (AvgIpc) is 2.31. The Morgan fingerprint density at radius 1 is 1.43 bits per heavy atom. The van der Waals surface area contributed by atoms with Crippen molar-refractivity contribution in [3.8, 4) is 0 Å². The van der Waals surface area contributed by atoms with Crippen LogP contribution in [0.5, 0.6) is 0 Å². The Balaban J connectivity index is 4.34. The summed E-state index contributed by atoms with van der Waals surface area (Å²) in [4.78, 5) is 10.3. The second kappa shape index (κ2) is 6.86. The van der Waals surface area contributed by atoms with Crippen LogP contribution in [0, 0.1) is 0 Å². The predicted molar refractivity (Wildman–Crippen MR) is 46.8 cm³/mol. The molecule has 6 heteroatoms. The molecular weight excluding hydrogens is 192 g/mol. The summed E-state index contributed by atoms with van der Waals surface area (Å²) in [6.07, 6.45) is -5.86. The van der Waals surface area contributed by atoms with E-state index >= 15 is 0 Å². The van der Waals surface area contributed by atoms with Gasteiger partial charge in [0.05, 0.1) is 9.35 Å². The molecule has 0 heterocycles. The standard InChI is InChI=1S/C8H16O6/c1-13-4-6(11)7(12)8(14-2)5(10)3-9/h3,5-8,10-12H,4H2,1-2H3/t5-,6-,7-,8-/m1/s1/i1D,2D. The molecule has 4 atom stereocenters. The van der Waals surface area contributed by atoms with E-state index in [-0.39, 0.29) is 20.0 Å². The highest BCUT2D eigenvalue weighted by atomic mass is 16.5. The highest BCUT2D eigenvalue weighted by Gasteiger charge is 2.31. The van der Waals surface area contributed by atoms with Crippen LogP contribution in [0.4, 0.5) is 0 Å². The van der Waals surface area contributed by atoms with Gasteiger partial charge in [-0.15, -0.1) is 0 Å². The molecule has 0 fully saturated rings. The average molecular weight is 210 g/mol. The van der Waals surface area contributed by atoms with Gasteiger partial charge in [0, 0.05) is 14.2 Å². The summed E-state index contributed by atoms with van der Waals surface area (Å²) in [6.45, 7) is -0.325. The summed E-state index contributed by atoms with van der Waals surface area (Å²) >= 11 is 0. The van der Waals surface area contributed by atoms with Crippen LogP contribution in [0.1, 0.15) is 2.74 Å². The maximum atomic E-state index is 10.3. The fourth-order valence-corrected chi connectivity index (χ4v) is 0.915. The maximum Gasteiger partial charge on any atom is 0.151 e. The molecule has 0 spiro atoms. The van der Waals surface area contributed by atoms with E-state index in [0.29, 0.717) is 0 Å². The lowest BCUT2D eigenvalue weighted by molar-refractivity contribution is -0.144. The first kappa shape index (κ1) is 10.0. The molecule has 0 aromatic rings. The third-order valence-corrected chi connectivity index (χ3v) is 1.69. The number of rotatable bonds is 7. The molecule has 84 valence electrons. The fraction of sp³-hybridized carbons (Fsp3) is 0.875. The second-order valence-corrected chi connectivity index (χ2v) is 2.69. The lowest BCUT2D eigenvalue weighted by Crippen LogP contribution is -2.47. The lowest BCUT2D eigenvalue weighted by atomic mass is 10.0. The highest BCUT2D eigenvalue weighted by molar-refractivity contribution is 5.56. The van der Waals surface area contributed by atoms with Crippen LogP contribution >= 0.6 is 0 Å². The summed E-state index contributed by atoms with van der Waals surface area (Å²) in [5.74, 6) is 0. The summed E-state index contributed by atoms with van der Waals surface area (Å²) in [5.41, 5.74) is 0. The number of hydrogen-bond donors (Lipinski definition) is 3. The molecule has 0 saturated carbocycles.